The highest BCUT2D eigenvalue weighted by Crippen LogP contribution is 2.36. The molecule has 2 aromatic rings. The minimum absolute atomic E-state index is 0.0209. The molecule has 0 heterocycles. The van der Waals surface area contributed by atoms with Crippen molar-refractivity contribution in [1.82, 2.24) is 4.90 Å². The maximum absolute atomic E-state index is 13.4. The molecule has 0 aromatic heterocycles. The summed E-state index contributed by atoms with van der Waals surface area (Å²) in [6.07, 6.45) is 1.70. The van der Waals surface area contributed by atoms with Crippen molar-refractivity contribution in [2.24, 2.45) is 0 Å². The van der Waals surface area contributed by atoms with Crippen molar-refractivity contribution in [3.63, 3.8) is 0 Å². The van der Waals surface area contributed by atoms with E-state index in [2.05, 4.69) is 0 Å². The molecule has 1 aliphatic carbocycles. The van der Waals surface area contributed by atoms with Gasteiger partial charge in [-0.25, -0.2) is 8.78 Å². The smallest absolute Gasteiger partial charge is 0.255 e. The second-order valence-corrected chi connectivity index (χ2v) is 5.82. The number of benzene rings is 2. The zero-order valence-electron chi connectivity index (χ0n) is 11.9. The Bertz CT molecular complexity index is 747. The van der Waals surface area contributed by atoms with Crippen LogP contribution in [0.2, 0.25) is 5.02 Å². The van der Waals surface area contributed by atoms with E-state index in [9.17, 15) is 13.6 Å². The third kappa shape index (κ3) is 2.48. The minimum Gasteiger partial charge on any atom is -0.335 e. The first kappa shape index (κ1) is 15.0. The zero-order valence-corrected chi connectivity index (χ0v) is 12.7. The summed E-state index contributed by atoms with van der Waals surface area (Å²) in [7, 11) is 1.66. The van der Waals surface area contributed by atoms with Gasteiger partial charge in [0.05, 0.1) is 16.6 Å². The summed E-state index contributed by atoms with van der Waals surface area (Å²) in [5.74, 6) is -2.55. The third-order valence-corrected chi connectivity index (χ3v) is 4.44. The molecule has 0 bridgehead atoms. The molecular formula is C17H14ClF2NO. The highest BCUT2D eigenvalue weighted by atomic mass is 35.5. The van der Waals surface area contributed by atoms with Crippen LogP contribution >= 0.6 is 11.6 Å². The molecular weight excluding hydrogens is 308 g/mol. The highest BCUT2D eigenvalue weighted by Gasteiger charge is 2.30. The summed E-state index contributed by atoms with van der Waals surface area (Å²) in [6.45, 7) is 0. The summed E-state index contributed by atoms with van der Waals surface area (Å²) in [4.78, 5) is 14.1. The van der Waals surface area contributed by atoms with E-state index < -0.39 is 17.5 Å². The topological polar surface area (TPSA) is 20.3 Å². The molecule has 0 saturated carbocycles. The molecule has 0 saturated heterocycles. The Morgan fingerprint density at radius 3 is 2.68 bits per heavy atom. The summed E-state index contributed by atoms with van der Waals surface area (Å²) >= 11 is 5.89. The van der Waals surface area contributed by atoms with Crippen LogP contribution in [-0.2, 0) is 6.42 Å². The number of fused-ring (bicyclic) bond motifs is 1. The number of amides is 1. The molecule has 2 nitrogen and oxygen atoms in total. The summed E-state index contributed by atoms with van der Waals surface area (Å²) in [5.41, 5.74) is 2.29. The van der Waals surface area contributed by atoms with Crippen molar-refractivity contribution in [3.05, 3.63) is 69.7 Å². The number of rotatable bonds is 2. The zero-order chi connectivity index (χ0) is 15.9. The number of carbonyl (C=O) groups is 1. The van der Waals surface area contributed by atoms with Crippen molar-refractivity contribution < 1.29 is 13.6 Å². The Morgan fingerprint density at radius 2 is 1.91 bits per heavy atom. The van der Waals surface area contributed by atoms with E-state index >= 15 is 0 Å². The van der Waals surface area contributed by atoms with Gasteiger partial charge >= 0.3 is 0 Å². The lowest BCUT2D eigenvalue weighted by Crippen LogP contribution is -2.30. The van der Waals surface area contributed by atoms with Gasteiger partial charge < -0.3 is 4.90 Å². The van der Waals surface area contributed by atoms with E-state index in [1.165, 1.54) is 5.56 Å². The van der Waals surface area contributed by atoms with Gasteiger partial charge in [0.1, 0.15) is 0 Å². The van der Waals surface area contributed by atoms with Gasteiger partial charge in [0, 0.05) is 7.05 Å². The van der Waals surface area contributed by atoms with E-state index in [0.29, 0.717) is 0 Å². The van der Waals surface area contributed by atoms with Gasteiger partial charge in [-0.15, -0.1) is 0 Å². The molecule has 0 radical (unpaired) electrons. The summed E-state index contributed by atoms with van der Waals surface area (Å²) in [6, 6.07) is 9.54. The van der Waals surface area contributed by atoms with Gasteiger partial charge in [0.15, 0.2) is 11.6 Å². The largest absolute Gasteiger partial charge is 0.335 e. The molecule has 3 rings (SSSR count). The standard InChI is InChI=1S/C17H14ClF2NO/c1-21(16-7-6-10-4-2-3-5-11(10)16)17(22)12-8-14(19)15(20)9-13(12)18/h2-5,8-9,16H,6-7H2,1H3. The molecule has 0 N–H and O–H groups in total. The normalized spacial score (nSPS) is 16.5. The lowest BCUT2D eigenvalue weighted by Gasteiger charge is -2.26. The molecule has 0 aliphatic heterocycles. The second kappa shape index (κ2) is 5.69. The number of carbonyl (C=O) groups excluding carboxylic acids is 1. The minimum atomic E-state index is -1.08. The Kier molecular flexibility index (Phi) is 3.87. The van der Waals surface area contributed by atoms with Crippen molar-refractivity contribution in [1.29, 1.82) is 0 Å². The number of hydrogen-bond donors (Lipinski definition) is 0. The molecule has 1 amide bonds. The Balaban J connectivity index is 1.92. The number of hydrogen-bond acceptors (Lipinski definition) is 1. The first-order valence-electron chi connectivity index (χ1n) is 6.98. The van der Waals surface area contributed by atoms with Crippen molar-refractivity contribution in [3.8, 4) is 0 Å². The lowest BCUT2D eigenvalue weighted by atomic mass is 10.1. The number of halogens is 3. The Hall–Kier alpha value is -1.94. The van der Waals surface area contributed by atoms with E-state index in [0.717, 1.165) is 30.5 Å². The molecule has 22 heavy (non-hydrogen) atoms. The van der Waals surface area contributed by atoms with Gasteiger partial charge in [-0.05, 0) is 36.1 Å². The van der Waals surface area contributed by atoms with Gasteiger partial charge in [-0.3, -0.25) is 4.79 Å². The lowest BCUT2D eigenvalue weighted by molar-refractivity contribution is 0.0730. The van der Waals surface area contributed by atoms with E-state index in [1.54, 1.807) is 11.9 Å². The van der Waals surface area contributed by atoms with Crippen LogP contribution in [0, 0.1) is 11.6 Å². The van der Waals surface area contributed by atoms with E-state index in [4.69, 9.17) is 11.6 Å². The fraction of sp³-hybridized carbons (Fsp3) is 0.235. The highest BCUT2D eigenvalue weighted by molar-refractivity contribution is 6.33. The van der Waals surface area contributed by atoms with Gasteiger partial charge in [0.2, 0.25) is 0 Å². The van der Waals surface area contributed by atoms with Crippen molar-refractivity contribution in [2.45, 2.75) is 18.9 Å². The van der Waals surface area contributed by atoms with Crippen molar-refractivity contribution >= 4 is 17.5 Å². The summed E-state index contributed by atoms with van der Waals surface area (Å²) < 4.78 is 26.5. The van der Waals surface area contributed by atoms with Crippen LogP contribution in [-0.4, -0.2) is 17.9 Å². The fourth-order valence-corrected chi connectivity index (χ4v) is 3.19. The van der Waals surface area contributed by atoms with Crippen molar-refractivity contribution in [2.75, 3.05) is 7.05 Å². The predicted molar refractivity (Wildman–Crippen MR) is 81.0 cm³/mol. The van der Waals surface area contributed by atoms with Crippen LogP contribution in [0.25, 0.3) is 0 Å². The fourth-order valence-electron chi connectivity index (χ4n) is 2.95. The molecule has 1 atom stereocenters. The molecule has 114 valence electrons. The molecule has 1 unspecified atom stereocenters. The number of aryl methyl sites for hydroxylation is 1. The first-order valence-corrected chi connectivity index (χ1v) is 7.36. The molecule has 0 fully saturated rings. The predicted octanol–water partition coefficient (Wildman–Crippen LogP) is 4.38. The third-order valence-electron chi connectivity index (χ3n) is 4.13. The Morgan fingerprint density at radius 1 is 1.23 bits per heavy atom. The number of nitrogens with zero attached hydrogens (tertiary/aromatic N) is 1. The van der Waals surface area contributed by atoms with Crippen LogP contribution in [0.1, 0.15) is 33.9 Å². The van der Waals surface area contributed by atoms with Crippen LogP contribution < -0.4 is 0 Å². The van der Waals surface area contributed by atoms with E-state index in [1.807, 2.05) is 24.3 Å². The van der Waals surface area contributed by atoms with Crippen LogP contribution in [0.3, 0.4) is 0 Å². The summed E-state index contributed by atoms with van der Waals surface area (Å²) in [5, 5.41) is -0.0815. The van der Waals surface area contributed by atoms with Gasteiger partial charge in [-0.1, -0.05) is 35.9 Å². The molecule has 0 spiro atoms. The maximum Gasteiger partial charge on any atom is 0.255 e. The average Bonchev–Trinajstić information content (AvgIpc) is 2.93. The van der Waals surface area contributed by atoms with E-state index in [-0.39, 0.29) is 16.6 Å². The van der Waals surface area contributed by atoms with Crippen LogP contribution in [0.15, 0.2) is 36.4 Å². The van der Waals surface area contributed by atoms with Crippen LogP contribution in [0.4, 0.5) is 8.78 Å². The molecule has 2 aromatic carbocycles. The van der Waals surface area contributed by atoms with Gasteiger partial charge in [-0.2, -0.15) is 0 Å². The SMILES string of the molecule is CN(C(=O)c1cc(F)c(F)cc1Cl)C1CCc2ccccc21. The average molecular weight is 322 g/mol. The molecule has 1 aliphatic rings. The quantitative estimate of drug-likeness (QED) is 0.752. The Labute approximate surface area is 132 Å². The van der Waals surface area contributed by atoms with Gasteiger partial charge in [0.25, 0.3) is 5.91 Å². The molecule has 5 heteroatoms. The first-order chi connectivity index (χ1) is 10.5. The van der Waals surface area contributed by atoms with Crippen LogP contribution in [0.5, 0.6) is 0 Å². The second-order valence-electron chi connectivity index (χ2n) is 5.42. The maximum atomic E-state index is 13.4. The monoisotopic (exact) mass is 321 g/mol.